The molecule has 3 nitrogen and oxygen atoms in total. The van der Waals surface area contributed by atoms with Crippen molar-refractivity contribution in [3.63, 3.8) is 0 Å². The highest BCUT2D eigenvalue weighted by molar-refractivity contribution is 5.70. The first kappa shape index (κ1) is 12.1. The highest BCUT2D eigenvalue weighted by Gasteiger charge is 2.28. The van der Waals surface area contributed by atoms with Crippen LogP contribution in [0.1, 0.15) is 31.2 Å². The van der Waals surface area contributed by atoms with E-state index in [2.05, 4.69) is 0 Å². The molecular formula is C14H18O3. The molecule has 17 heavy (non-hydrogen) atoms. The van der Waals surface area contributed by atoms with Gasteiger partial charge in [-0.3, -0.25) is 4.79 Å². The van der Waals surface area contributed by atoms with E-state index in [0.29, 0.717) is 12.8 Å². The summed E-state index contributed by atoms with van der Waals surface area (Å²) in [6.45, 7) is 0. The van der Waals surface area contributed by atoms with Crippen LogP contribution in [0.4, 0.5) is 0 Å². The molecule has 1 aromatic carbocycles. The number of aliphatic hydroxyl groups excluding tert-OH is 1. The van der Waals surface area contributed by atoms with Crippen molar-refractivity contribution in [2.24, 2.45) is 0 Å². The number of aryl methyl sites for hydroxylation is 1. The molecule has 2 rings (SSSR count). The van der Waals surface area contributed by atoms with E-state index in [1.807, 2.05) is 30.3 Å². The summed E-state index contributed by atoms with van der Waals surface area (Å²) in [5, 5.41) is 9.55. The van der Waals surface area contributed by atoms with E-state index < -0.39 is 6.10 Å². The van der Waals surface area contributed by atoms with Crippen molar-refractivity contribution in [2.75, 3.05) is 0 Å². The normalized spacial score (nSPS) is 23.6. The molecule has 1 aliphatic rings. The van der Waals surface area contributed by atoms with E-state index in [-0.39, 0.29) is 12.1 Å². The van der Waals surface area contributed by atoms with Crippen molar-refractivity contribution in [2.45, 2.75) is 44.3 Å². The fraction of sp³-hybridized carbons (Fsp3) is 0.500. The van der Waals surface area contributed by atoms with Gasteiger partial charge in [0.15, 0.2) is 0 Å². The lowest BCUT2D eigenvalue weighted by Gasteiger charge is -2.15. The number of carbonyl (C=O) groups is 1. The average Bonchev–Trinajstić information content (AvgIpc) is 2.74. The molecule has 3 heteroatoms. The minimum absolute atomic E-state index is 0.209. The molecular weight excluding hydrogens is 216 g/mol. The van der Waals surface area contributed by atoms with Gasteiger partial charge in [0, 0.05) is 6.42 Å². The molecule has 0 saturated heterocycles. The Labute approximate surface area is 101 Å². The van der Waals surface area contributed by atoms with E-state index in [9.17, 15) is 9.90 Å². The Morgan fingerprint density at radius 1 is 1.29 bits per heavy atom. The molecule has 0 amide bonds. The van der Waals surface area contributed by atoms with E-state index in [1.165, 1.54) is 0 Å². The third-order valence-corrected chi connectivity index (χ3v) is 3.16. The molecule has 1 aromatic rings. The van der Waals surface area contributed by atoms with E-state index in [4.69, 9.17) is 4.74 Å². The summed E-state index contributed by atoms with van der Waals surface area (Å²) in [7, 11) is 0. The Kier molecular flexibility index (Phi) is 4.15. The summed E-state index contributed by atoms with van der Waals surface area (Å²) in [4.78, 5) is 11.6. The molecule has 1 aliphatic carbocycles. The van der Waals surface area contributed by atoms with Crippen molar-refractivity contribution < 1.29 is 14.6 Å². The Morgan fingerprint density at radius 3 is 2.71 bits per heavy atom. The highest BCUT2D eigenvalue weighted by Crippen LogP contribution is 2.22. The summed E-state index contributed by atoms with van der Waals surface area (Å²) in [5.41, 5.74) is 1.14. The maximum absolute atomic E-state index is 11.6. The molecule has 0 unspecified atom stereocenters. The van der Waals surface area contributed by atoms with Gasteiger partial charge in [-0.1, -0.05) is 30.3 Å². The predicted molar refractivity (Wildman–Crippen MR) is 64.5 cm³/mol. The lowest BCUT2D eigenvalue weighted by Crippen LogP contribution is -2.26. The molecule has 1 N–H and O–H groups in total. The average molecular weight is 234 g/mol. The van der Waals surface area contributed by atoms with Gasteiger partial charge in [-0.25, -0.2) is 0 Å². The van der Waals surface area contributed by atoms with Crippen LogP contribution >= 0.6 is 0 Å². The van der Waals surface area contributed by atoms with Crippen molar-refractivity contribution >= 4 is 5.97 Å². The number of ether oxygens (including phenoxy) is 1. The van der Waals surface area contributed by atoms with Crippen LogP contribution in [0, 0.1) is 0 Å². The number of esters is 1. The van der Waals surface area contributed by atoms with Crippen LogP contribution in [0.2, 0.25) is 0 Å². The topological polar surface area (TPSA) is 46.5 Å². The summed E-state index contributed by atoms with van der Waals surface area (Å²) in [6, 6.07) is 9.87. The second-order valence-electron chi connectivity index (χ2n) is 4.51. The lowest BCUT2D eigenvalue weighted by atomic mass is 10.1. The van der Waals surface area contributed by atoms with Gasteiger partial charge < -0.3 is 9.84 Å². The number of rotatable bonds is 4. The lowest BCUT2D eigenvalue weighted by molar-refractivity contribution is -0.153. The molecule has 2 atom stereocenters. The molecule has 0 heterocycles. The predicted octanol–water partition coefficient (Wildman–Crippen LogP) is 2.08. The molecule has 1 saturated carbocycles. The van der Waals surface area contributed by atoms with E-state index in [0.717, 1.165) is 24.8 Å². The Morgan fingerprint density at radius 2 is 2.06 bits per heavy atom. The smallest absolute Gasteiger partial charge is 0.306 e. The summed E-state index contributed by atoms with van der Waals surface area (Å²) in [5.74, 6) is -0.209. The maximum Gasteiger partial charge on any atom is 0.306 e. The molecule has 1 fully saturated rings. The van der Waals surface area contributed by atoms with E-state index in [1.54, 1.807) is 0 Å². The second kappa shape index (κ2) is 5.82. The maximum atomic E-state index is 11.6. The second-order valence-corrected chi connectivity index (χ2v) is 4.51. The van der Waals surface area contributed by atoms with Crippen LogP contribution in [-0.2, 0) is 16.0 Å². The zero-order valence-electron chi connectivity index (χ0n) is 9.84. The molecule has 0 aliphatic heterocycles. The van der Waals surface area contributed by atoms with Gasteiger partial charge in [-0.05, 0) is 31.2 Å². The Bertz CT molecular complexity index is 361. The van der Waals surface area contributed by atoms with E-state index >= 15 is 0 Å². The van der Waals surface area contributed by atoms with Crippen molar-refractivity contribution in [1.29, 1.82) is 0 Å². The number of hydrogen-bond donors (Lipinski definition) is 1. The van der Waals surface area contributed by atoms with Crippen LogP contribution in [-0.4, -0.2) is 23.3 Å². The van der Waals surface area contributed by atoms with Crippen LogP contribution in [0.3, 0.4) is 0 Å². The van der Waals surface area contributed by atoms with Crippen LogP contribution < -0.4 is 0 Å². The first-order valence-corrected chi connectivity index (χ1v) is 6.17. The summed E-state index contributed by atoms with van der Waals surface area (Å²) < 4.78 is 5.26. The minimum atomic E-state index is -0.462. The van der Waals surface area contributed by atoms with Crippen LogP contribution in [0.5, 0.6) is 0 Å². The molecule has 0 aromatic heterocycles. The molecule has 0 bridgehead atoms. The fourth-order valence-electron chi connectivity index (χ4n) is 2.16. The first-order chi connectivity index (χ1) is 8.25. The SMILES string of the molecule is O=C(CCc1ccccc1)O[C@H]1CCC[C@@H]1O. The van der Waals surface area contributed by atoms with Gasteiger partial charge in [0.05, 0.1) is 6.10 Å². The zero-order valence-corrected chi connectivity index (χ0v) is 9.84. The standard InChI is InChI=1S/C14H18O3/c15-12-7-4-8-13(12)17-14(16)10-9-11-5-2-1-3-6-11/h1-3,5-6,12-13,15H,4,7-10H2/t12-,13-/m0/s1. The van der Waals surface area contributed by atoms with Gasteiger partial charge in [0.2, 0.25) is 0 Å². The number of aliphatic hydroxyl groups is 1. The number of hydrogen-bond acceptors (Lipinski definition) is 3. The third-order valence-electron chi connectivity index (χ3n) is 3.16. The van der Waals surface area contributed by atoms with Gasteiger partial charge >= 0.3 is 5.97 Å². The minimum Gasteiger partial charge on any atom is -0.460 e. The third kappa shape index (κ3) is 3.56. The van der Waals surface area contributed by atoms with Gasteiger partial charge in [0.1, 0.15) is 6.10 Å². The number of carbonyl (C=O) groups excluding carboxylic acids is 1. The van der Waals surface area contributed by atoms with Crippen molar-refractivity contribution in [3.05, 3.63) is 35.9 Å². The Hall–Kier alpha value is -1.35. The summed E-state index contributed by atoms with van der Waals surface area (Å²) >= 11 is 0. The Balaban J connectivity index is 1.74. The quantitative estimate of drug-likeness (QED) is 0.811. The van der Waals surface area contributed by atoms with Gasteiger partial charge in [-0.2, -0.15) is 0 Å². The largest absolute Gasteiger partial charge is 0.460 e. The fourth-order valence-corrected chi connectivity index (χ4v) is 2.16. The van der Waals surface area contributed by atoms with Crippen molar-refractivity contribution in [3.8, 4) is 0 Å². The zero-order chi connectivity index (χ0) is 12.1. The molecule has 92 valence electrons. The number of benzene rings is 1. The summed E-state index contributed by atoms with van der Waals surface area (Å²) in [6.07, 6.45) is 2.82. The van der Waals surface area contributed by atoms with Crippen LogP contribution in [0.25, 0.3) is 0 Å². The van der Waals surface area contributed by atoms with Crippen LogP contribution in [0.15, 0.2) is 30.3 Å². The van der Waals surface area contributed by atoms with Crippen molar-refractivity contribution in [1.82, 2.24) is 0 Å². The first-order valence-electron chi connectivity index (χ1n) is 6.17. The molecule has 0 spiro atoms. The van der Waals surface area contributed by atoms with Gasteiger partial charge in [0.25, 0.3) is 0 Å². The highest BCUT2D eigenvalue weighted by atomic mass is 16.6. The monoisotopic (exact) mass is 234 g/mol. The molecule has 0 radical (unpaired) electrons. The van der Waals surface area contributed by atoms with Gasteiger partial charge in [-0.15, -0.1) is 0 Å².